The third-order valence-corrected chi connectivity index (χ3v) is 3.89. The molecule has 0 aliphatic heterocycles. The molecule has 0 amide bonds. The molecule has 0 aliphatic carbocycles. The topological polar surface area (TPSA) is 0 Å². The predicted molar refractivity (Wildman–Crippen MR) is 72.5 cm³/mol. The largest absolute Gasteiger partial charge is 0.103 e. The van der Waals surface area contributed by atoms with E-state index in [4.69, 9.17) is 0 Å². The first-order valence-corrected chi connectivity index (χ1v) is 6.06. The fourth-order valence-corrected chi connectivity index (χ4v) is 2.31. The second-order valence-electron chi connectivity index (χ2n) is 5.39. The van der Waals surface area contributed by atoms with Gasteiger partial charge >= 0.3 is 0 Å². The van der Waals surface area contributed by atoms with Gasteiger partial charge in [0.1, 0.15) is 0 Å². The predicted octanol–water partition coefficient (Wildman–Crippen LogP) is 2.55. The summed E-state index contributed by atoms with van der Waals surface area (Å²) in [6, 6.07) is 0. The quantitative estimate of drug-likeness (QED) is 0.429. The summed E-state index contributed by atoms with van der Waals surface area (Å²) in [4.78, 5) is 0. The zero-order chi connectivity index (χ0) is 11.2. The molecule has 0 saturated carbocycles. The molecule has 0 radical (unpaired) electrons. The Morgan fingerprint density at radius 3 is 1.86 bits per heavy atom. The summed E-state index contributed by atoms with van der Waals surface area (Å²) in [6.45, 7) is 10.8. The summed E-state index contributed by atoms with van der Waals surface area (Å²) >= 11 is 0. The summed E-state index contributed by atoms with van der Waals surface area (Å²) in [5.74, 6) is 0. The van der Waals surface area contributed by atoms with E-state index in [1.165, 1.54) is 32.1 Å². The second-order valence-corrected chi connectivity index (χ2v) is 5.39. The number of hydrogen-bond acceptors (Lipinski definition) is 0. The Morgan fingerprint density at radius 1 is 1.07 bits per heavy atom. The maximum absolute atomic E-state index is 3.90. The lowest BCUT2D eigenvalue weighted by Crippen LogP contribution is -2.27. The summed E-state index contributed by atoms with van der Waals surface area (Å²) in [6.07, 6.45) is 8.42. The molecule has 80 valence electrons. The van der Waals surface area contributed by atoms with E-state index in [9.17, 15) is 0 Å². The van der Waals surface area contributed by atoms with Gasteiger partial charge in [0.15, 0.2) is 0 Å². The van der Waals surface area contributed by atoms with Crippen molar-refractivity contribution in [2.75, 3.05) is 0 Å². The van der Waals surface area contributed by atoms with E-state index < -0.39 is 0 Å². The van der Waals surface area contributed by atoms with Crippen molar-refractivity contribution in [1.29, 1.82) is 0 Å². The number of allylic oxidation sites excluding steroid dienone is 1. The van der Waals surface area contributed by atoms with Crippen molar-refractivity contribution < 1.29 is 0 Å². The minimum atomic E-state index is 0.481. The van der Waals surface area contributed by atoms with Crippen LogP contribution in [0.15, 0.2) is 12.7 Å². The molecule has 0 aliphatic rings. The fraction of sp³-hybridized carbons (Fsp3) is 0.833. The lowest BCUT2D eigenvalue weighted by atomic mass is 9.47. The van der Waals surface area contributed by atoms with E-state index in [-0.39, 0.29) is 0 Å². The van der Waals surface area contributed by atoms with Crippen LogP contribution >= 0.6 is 0 Å². The van der Waals surface area contributed by atoms with Crippen LogP contribution in [0, 0.1) is 5.41 Å². The van der Waals surface area contributed by atoms with E-state index >= 15 is 0 Å². The van der Waals surface area contributed by atoms with Crippen molar-refractivity contribution in [2.24, 2.45) is 5.41 Å². The Hall–Kier alpha value is -0.130. The summed E-state index contributed by atoms with van der Waals surface area (Å²) in [5, 5.41) is 0.481. The third kappa shape index (κ3) is 3.94. The monoisotopic (exact) mass is 192 g/mol. The molecule has 0 spiro atoms. The van der Waals surface area contributed by atoms with Crippen LogP contribution in [-0.2, 0) is 0 Å². The van der Waals surface area contributed by atoms with Crippen molar-refractivity contribution in [3.05, 3.63) is 12.7 Å². The minimum absolute atomic E-state index is 0.481. The molecular weight excluding hydrogens is 166 g/mol. The van der Waals surface area contributed by atoms with Gasteiger partial charge in [-0.2, -0.15) is 0 Å². The van der Waals surface area contributed by atoms with Gasteiger partial charge in [-0.1, -0.05) is 57.7 Å². The van der Waals surface area contributed by atoms with Gasteiger partial charge in [-0.15, -0.1) is 6.58 Å². The summed E-state index contributed by atoms with van der Waals surface area (Å²) < 4.78 is 0. The Morgan fingerprint density at radius 2 is 1.57 bits per heavy atom. The number of hydrogen-bond donors (Lipinski definition) is 0. The van der Waals surface area contributed by atoms with Gasteiger partial charge in [-0.3, -0.25) is 0 Å². The lowest BCUT2D eigenvalue weighted by molar-refractivity contribution is 0.226. The van der Waals surface area contributed by atoms with Crippen molar-refractivity contribution in [1.82, 2.24) is 0 Å². The van der Waals surface area contributed by atoms with Crippen molar-refractivity contribution >= 4 is 15.7 Å². The molecule has 0 nitrogen and oxygen atoms in total. The van der Waals surface area contributed by atoms with Crippen LogP contribution in [0.25, 0.3) is 0 Å². The SMILES string of the molecule is BC(B)(CC)CC(CC)(CC)CC=C. The van der Waals surface area contributed by atoms with Crippen molar-refractivity contribution in [3.63, 3.8) is 0 Å². The molecule has 0 aromatic rings. The van der Waals surface area contributed by atoms with Crippen LogP contribution in [0.5, 0.6) is 0 Å². The second kappa shape index (κ2) is 5.68. The Bertz CT molecular complexity index is 169. The summed E-state index contributed by atoms with van der Waals surface area (Å²) in [5.41, 5.74) is 0.501. The first-order chi connectivity index (χ1) is 6.45. The highest BCUT2D eigenvalue weighted by Crippen LogP contribution is 2.44. The molecule has 0 saturated heterocycles. The average Bonchev–Trinajstić information content (AvgIpc) is 2.17. The van der Waals surface area contributed by atoms with E-state index in [1.807, 2.05) is 0 Å². The van der Waals surface area contributed by atoms with Crippen LogP contribution in [0.2, 0.25) is 5.21 Å². The molecule has 0 atom stereocenters. The smallest absolute Gasteiger partial charge is 0.0992 e. The number of rotatable bonds is 7. The normalized spacial score (nSPS) is 12.8. The van der Waals surface area contributed by atoms with Gasteiger partial charge in [0.05, 0.1) is 15.7 Å². The molecule has 2 heteroatoms. The van der Waals surface area contributed by atoms with E-state index in [1.54, 1.807) is 0 Å². The maximum atomic E-state index is 3.90. The maximum Gasteiger partial charge on any atom is 0.0992 e. The standard InChI is InChI=1S/C12H26B2/c1-5-9-11(6-2,7-3)10-12(13,14)8-4/h5H,1,6-10,13-14H2,2-4H3. The minimum Gasteiger partial charge on any atom is -0.103 e. The molecule has 0 fully saturated rings. The van der Waals surface area contributed by atoms with E-state index in [0.717, 1.165) is 0 Å². The van der Waals surface area contributed by atoms with Crippen LogP contribution in [0.1, 0.15) is 52.9 Å². The zero-order valence-corrected chi connectivity index (χ0v) is 10.8. The van der Waals surface area contributed by atoms with Crippen LogP contribution < -0.4 is 0 Å². The lowest BCUT2D eigenvalue weighted by Gasteiger charge is -2.38. The van der Waals surface area contributed by atoms with Gasteiger partial charge in [-0.05, 0) is 11.8 Å². The Balaban J connectivity index is 4.56. The van der Waals surface area contributed by atoms with E-state index in [0.29, 0.717) is 10.6 Å². The highest BCUT2D eigenvalue weighted by molar-refractivity contribution is 6.39. The molecule has 14 heavy (non-hydrogen) atoms. The highest BCUT2D eigenvalue weighted by Gasteiger charge is 2.31. The van der Waals surface area contributed by atoms with Gasteiger partial charge in [0.25, 0.3) is 0 Å². The van der Waals surface area contributed by atoms with Gasteiger partial charge in [-0.25, -0.2) is 0 Å². The molecule has 0 N–H and O–H groups in total. The molecule has 0 aromatic heterocycles. The Kier molecular flexibility index (Phi) is 5.63. The van der Waals surface area contributed by atoms with E-state index in [2.05, 4.69) is 49.1 Å². The first kappa shape index (κ1) is 13.9. The van der Waals surface area contributed by atoms with Crippen LogP contribution in [-0.4, -0.2) is 15.7 Å². The van der Waals surface area contributed by atoms with Gasteiger partial charge < -0.3 is 0 Å². The molecule has 0 heterocycles. The Labute approximate surface area is 92.4 Å². The van der Waals surface area contributed by atoms with Crippen LogP contribution in [0.4, 0.5) is 0 Å². The zero-order valence-electron chi connectivity index (χ0n) is 10.8. The van der Waals surface area contributed by atoms with Crippen LogP contribution in [0.3, 0.4) is 0 Å². The fourth-order valence-electron chi connectivity index (χ4n) is 2.31. The van der Waals surface area contributed by atoms with Gasteiger partial charge in [0, 0.05) is 0 Å². The molecule has 0 bridgehead atoms. The molecule has 0 unspecified atom stereocenters. The molecule has 0 aromatic carbocycles. The average molecular weight is 192 g/mol. The highest BCUT2D eigenvalue weighted by atomic mass is 14.3. The molecular formula is C12H26B2. The van der Waals surface area contributed by atoms with Crippen molar-refractivity contribution in [3.8, 4) is 0 Å². The summed E-state index contributed by atoms with van der Waals surface area (Å²) in [7, 11) is 4.77. The first-order valence-electron chi connectivity index (χ1n) is 6.06. The third-order valence-electron chi connectivity index (χ3n) is 3.89. The van der Waals surface area contributed by atoms with Gasteiger partial charge in [0.2, 0.25) is 0 Å². The molecule has 0 rings (SSSR count). The van der Waals surface area contributed by atoms with Crippen molar-refractivity contribution in [2.45, 2.75) is 58.1 Å².